The summed E-state index contributed by atoms with van der Waals surface area (Å²) < 4.78 is 0. The van der Waals surface area contributed by atoms with Gasteiger partial charge in [-0.25, -0.2) is 4.98 Å². The predicted octanol–water partition coefficient (Wildman–Crippen LogP) is 2.31. The van der Waals surface area contributed by atoms with E-state index in [-0.39, 0.29) is 0 Å². The van der Waals surface area contributed by atoms with Crippen molar-refractivity contribution < 1.29 is 0 Å². The quantitative estimate of drug-likeness (QED) is 0.874. The first-order valence-corrected chi connectivity index (χ1v) is 9.33. The molecule has 21 heavy (non-hydrogen) atoms. The monoisotopic (exact) mass is 308 g/mol. The van der Waals surface area contributed by atoms with Crippen molar-refractivity contribution in [3.05, 3.63) is 16.1 Å². The third-order valence-electron chi connectivity index (χ3n) is 4.80. The molecule has 0 amide bonds. The van der Waals surface area contributed by atoms with Crippen LogP contribution in [0.5, 0.6) is 0 Å². The van der Waals surface area contributed by atoms with Crippen molar-refractivity contribution >= 4 is 11.3 Å². The van der Waals surface area contributed by atoms with Crippen molar-refractivity contribution in [2.75, 3.05) is 32.7 Å². The molecular weight excluding hydrogens is 280 g/mol. The molecule has 1 saturated carbocycles. The van der Waals surface area contributed by atoms with E-state index in [1.54, 1.807) is 0 Å². The molecule has 5 heteroatoms. The molecule has 0 atom stereocenters. The molecule has 3 rings (SSSR count). The molecule has 0 spiro atoms. The zero-order valence-electron chi connectivity index (χ0n) is 13.2. The fourth-order valence-corrected chi connectivity index (χ4v) is 4.17. The van der Waals surface area contributed by atoms with Crippen LogP contribution in [0.2, 0.25) is 0 Å². The van der Waals surface area contributed by atoms with Gasteiger partial charge in [0, 0.05) is 44.1 Å². The molecule has 0 aromatic carbocycles. The van der Waals surface area contributed by atoms with Crippen molar-refractivity contribution in [3.8, 4) is 0 Å². The molecule has 1 aromatic heterocycles. The minimum absolute atomic E-state index is 0.734. The van der Waals surface area contributed by atoms with Crippen LogP contribution in [0, 0.1) is 0 Å². The number of aromatic nitrogens is 1. The summed E-state index contributed by atoms with van der Waals surface area (Å²) in [6, 6.07) is 0.734. The van der Waals surface area contributed by atoms with Crippen LogP contribution < -0.4 is 5.32 Å². The Hall–Kier alpha value is -0.490. The van der Waals surface area contributed by atoms with Gasteiger partial charge < -0.3 is 10.2 Å². The van der Waals surface area contributed by atoms with Crippen molar-refractivity contribution in [3.63, 3.8) is 0 Å². The number of thiazole rings is 1. The van der Waals surface area contributed by atoms with Crippen LogP contribution in [0.15, 0.2) is 5.38 Å². The molecule has 118 valence electrons. The number of rotatable bonds is 6. The maximum atomic E-state index is 4.81. The smallest absolute Gasteiger partial charge is 0.107 e. The Morgan fingerprint density at radius 1 is 1.19 bits per heavy atom. The lowest BCUT2D eigenvalue weighted by molar-refractivity contribution is 0.132. The zero-order valence-corrected chi connectivity index (χ0v) is 14.0. The number of hydrogen-bond acceptors (Lipinski definition) is 5. The van der Waals surface area contributed by atoms with Crippen LogP contribution in [0.3, 0.4) is 0 Å². The van der Waals surface area contributed by atoms with E-state index < -0.39 is 0 Å². The molecule has 0 bridgehead atoms. The molecule has 0 radical (unpaired) electrons. The van der Waals surface area contributed by atoms with Gasteiger partial charge in [0.05, 0.1) is 12.2 Å². The highest BCUT2D eigenvalue weighted by Gasteiger charge is 2.17. The van der Waals surface area contributed by atoms with Crippen molar-refractivity contribution in [2.45, 2.75) is 51.7 Å². The van der Waals surface area contributed by atoms with E-state index in [4.69, 9.17) is 4.98 Å². The van der Waals surface area contributed by atoms with Gasteiger partial charge in [0.15, 0.2) is 0 Å². The number of nitrogens with one attached hydrogen (secondary N) is 1. The van der Waals surface area contributed by atoms with Crippen molar-refractivity contribution in [2.24, 2.45) is 0 Å². The second-order valence-corrected chi connectivity index (χ2v) is 7.25. The molecule has 2 fully saturated rings. The summed E-state index contributed by atoms with van der Waals surface area (Å²) >= 11 is 1.83. The molecule has 1 saturated heterocycles. The first kappa shape index (κ1) is 15.4. The average molecular weight is 308 g/mol. The Morgan fingerprint density at radius 3 is 2.62 bits per heavy atom. The van der Waals surface area contributed by atoms with Crippen LogP contribution in [-0.2, 0) is 13.1 Å². The van der Waals surface area contributed by atoms with Gasteiger partial charge in [0.1, 0.15) is 5.01 Å². The Balaban J connectivity index is 1.42. The lowest BCUT2D eigenvalue weighted by atomic mass is 10.2. The highest BCUT2D eigenvalue weighted by molar-refractivity contribution is 7.09. The van der Waals surface area contributed by atoms with Gasteiger partial charge in [-0.3, -0.25) is 4.90 Å². The maximum absolute atomic E-state index is 4.81. The van der Waals surface area contributed by atoms with Gasteiger partial charge in [-0.1, -0.05) is 19.8 Å². The van der Waals surface area contributed by atoms with E-state index in [0.29, 0.717) is 0 Å². The normalized spacial score (nSPS) is 22.1. The minimum atomic E-state index is 0.734. The first-order valence-electron chi connectivity index (χ1n) is 8.45. The van der Waals surface area contributed by atoms with Gasteiger partial charge in [-0.2, -0.15) is 0 Å². The molecule has 2 heterocycles. The molecule has 1 aromatic rings. The molecule has 1 aliphatic heterocycles. The Morgan fingerprint density at radius 2 is 1.90 bits per heavy atom. The SMILES string of the molecule is CCN1CCN(Cc2nc(CNC3CCCC3)cs2)CC1. The lowest BCUT2D eigenvalue weighted by Gasteiger charge is -2.33. The van der Waals surface area contributed by atoms with E-state index in [1.807, 2.05) is 11.3 Å². The Bertz CT molecular complexity index is 420. The van der Waals surface area contributed by atoms with Gasteiger partial charge in [-0.15, -0.1) is 11.3 Å². The van der Waals surface area contributed by atoms with E-state index >= 15 is 0 Å². The Kier molecular flexibility index (Phi) is 5.63. The molecule has 4 nitrogen and oxygen atoms in total. The van der Waals surface area contributed by atoms with Gasteiger partial charge in [0.25, 0.3) is 0 Å². The van der Waals surface area contributed by atoms with E-state index in [2.05, 4.69) is 27.4 Å². The van der Waals surface area contributed by atoms with Gasteiger partial charge >= 0.3 is 0 Å². The minimum Gasteiger partial charge on any atom is -0.308 e. The number of piperazine rings is 1. The summed E-state index contributed by atoms with van der Waals surface area (Å²) in [5.41, 5.74) is 1.23. The van der Waals surface area contributed by atoms with E-state index in [1.165, 1.54) is 69.1 Å². The van der Waals surface area contributed by atoms with Crippen molar-refractivity contribution in [1.29, 1.82) is 0 Å². The van der Waals surface area contributed by atoms with Gasteiger partial charge in [-0.05, 0) is 19.4 Å². The summed E-state index contributed by atoms with van der Waals surface area (Å²) in [6.45, 7) is 10.2. The van der Waals surface area contributed by atoms with Gasteiger partial charge in [0.2, 0.25) is 0 Å². The predicted molar refractivity (Wildman–Crippen MR) is 88.6 cm³/mol. The topological polar surface area (TPSA) is 31.4 Å². The molecule has 1 aliphatic carbocycles. The molecule has 1 N–H and O–H groups in total. The maximum Gasteiger partial charge on any atom is 0.107 e. The average Bonchev–Trinajstić information content (AvgIpc) is 3.17. The largest absolute Gasteiger partial charge is 0.308 e. The van der Waals surface area contributed by atoms with Crippen LogP contribution in [-0.4, -0.2) is 53.5 Å². The second-order valence-electron chi connectivity index (χ2n) is 6.31. The van der Waals surface area contributed by atoms with Crippen LogP contribution in [0.4, 0.5) is 0 Å². The molecular formula is C16H28N4S. The fourth-order valence-electron chi connectivity index (χ4n) is 3.34. The number of hydrogen-bond donors (Lipinski definition) is 1. The van der Waals surface area contributed by atoms with E-state index in [0.717, 1.165) is 19.1 Å². The first-order chi connectivity index (χ1) is 10.3. The summed E-state index contributed by atoms with van der Waals surface area (Å²) in [7, 11) is 0. The highest BCUT2D eigenvalue weighted by Crippen LogP contribution is 2.19. The summed E-state index contributed by atoms with van der Waals surface area (Å²) in [5.74, 6) is 0. The number of likely N-dealkylation sites (N-methyl/N-ethyl adjacent to an activating group) is 1. The van der Waals surface area contributed by atoms with Crippen LogP contribution >= 0.6 is 11.3 Å². The van der Waals surface area contributed by atoms with Crippen LogP contribution in [0.25, 0.3) is 0 Å². The summed E-state index contributed by atoms with van der Waals surface area (Å²) in [6.07, 6.45) is 5.48. The summed E-state index contributed by atoms with van der Waals surface area (Å²) in [5, 5.41) is 7.17. The summed E-state index contributed by atoms with van der Waals surface area (Å²) in [4.78, 5) is 9.87. The molecule has 2 aliphatic rings. The second kappa shape index (κ2) is 7.68. The third kappa shape index (κ3) is 4.49. The standard InChI is InChI=1S/C16H28N4S/c1-2-19-7-9-20(10-8-19)12-16-18-15(13-21-16)11-17-14-5-3-4-6-14/h13-14,17H,2-12H2,1H3. The lowest BCUT2D eigenvalue weighted by Crippen LogP contribution is -2.45. The fraction of sp³-hybridized carbons (Fsp3) is 0.812. The molecule has 0 unspecified atom stereocenters. The Labute approximate surface area is 132 Å². The highest BCUT2D eigenvalue weighted by atomic mass is 32.1. The number of nitrogens with zero attached hydrogens (tertiary/aromatic N) is 3. The zero-order chi connectivity index (χ0) is 14.5. The van der Waals surface area contributed by atoms with Crippen molar-refractivity contribution in [1.82, 2.24) is 20.1 Å². The van der Waals surface area contributed by atoms with E-state index in [9.17, 15) is 0 Å². The van der Waals surface area contributed by atoms with Crippen LogP contribution in [0.1, 0.15) is 43.3 Å². The third-order valence-corrected chi connectivity index (χ3v) is 5.68.